The van der Waals surface area contributed by atoms with E-state index in [1.54, 1.807) is 36.0 Å². The largest absolute Gasteiger partial charge is 0.345 e. The van der Waals surface area contributed by atoms with Crippen molar-refractivity contribution < 1.29 is 9.18 Å². The predicted octanol–water partition coefficient (Wildman–Crippen LogP) is 3.78. The lowest BCUT2D eigenvalue weighted by atomic mass is 10.3. The van der Waals surface area contributed by atoms with Gasteiger partial charge in [0.1, 0.15) is 11.5 Å². The first-order valence-electron chi connectivity index (χ1n) is 5.06. The average Bonchev–Trinajstić information content (AvgIpc) is 2.64. The highest BCUT2D eigenvalue weighted by Gasteiger charge is 2.13. The number of amides is 1. The molecule has 1 aromatic carbocycles. The van der Waals surface area contributed by atoms with Crippen LogP contribution in [0.3, 0.4) is 0 Å². The second-order valence-electron chi connectivity index (χ2n) is 3.71. The van der Waals surface area contributed by atoms with Crippen molar-refractivity contribution in [3.05, 3.63) is 50.0 Å². The molecule has 1 amide bonds. The van der Waals surface area contributed by atoms with E-state index in [0.717, 1.165) is 4.47 Å². The topological polar surface area (TPSA) is 34.0 Å². The van der Waals surface area contributed by atoms with Crippen LogP contribution in [0.5, 0.6) is 0 Å². The van der Waals surface area contributed by atoms with Crippen LogP contribution in [0.15, 0.2) is 34.9 Å². The zero-order chi connectivity index (χ0) is 13.3. The summed E-state index contributed by atoms with van der Waals surface area (Å²) in [6.07, 6.45) is 1.78. The van der Waals surface area contributed by atoms with Crippen molar-refractivity contribution in [2.75, 3.05) is 5.32 Å². The van der Waals surface area contributed by atoms with Crippen molar-refractivity contribution in [2.24, 2.45) is 7.05 Å². The SMILES string of the molecule is Cn1cc(Br)cc1C(=O)Nc1cccc(F)c1I. The molecule has 2 aromatic rings. The van der Waals surface area contributed by atoms with Gasteiger partial charge < -0.3 is 9.88 Å². The molecule has 18 heavy (non-hydrogen) atoms. The molecule has 0 aliphatic rings. The highest BCUT2D eigenvalue weighted by atomic mass is 127. The van der Waals surface area contributed by atoms with Gasteiger partial charge in [-0.15, -0.1) is 0 Å². The maximum absolute atomic E-state index is 13.3. The molecule has 2 rings (SSSR count). The summed E-state index contributed by atoms with van der Waals surface area (Å²) < 4.78 is 16.3. The molecule has 0 bridgehead atoms. The Bertz CT molecular complexity index is 612. The van der Waals surface area contributed by atoms with Crippen molar-refractivity contribution in [3.8, 4) is 0 Å². The maximum atomic E-state index is 13.3. The third kappa shape index (κ3) is 2.74. The van der Waals surface area contributed by atoms with E-state index in [2.05, 4.69) is 21.2 Å². The third-order valence-electron chi connectivity index (χ3n) is 2.40. The number of rotatable bonds is 2. The minimum absolute atomic E-state index is 0.272. The van der Waals surface area contributed by atoms with Gasteiger partial charge in [-0.25, -0.2) is 4.39 Å². The number of hydrogen-bond donors (Lipinski definition) is 1. The van der Waals surface area contributed by atoms with Crippen molar-refractivity contribution in [2.45, 2.75) is 0 Å². The molecule has 0 unspecified atom stereocenters. The summed E-state index contributed by atoms with van der Waals surface area (Å²) in [6, 6.07) is 6.30. The van der Waals surface area contributed by atoms with Crippen LogP contribution in [-0.4, -0.2) is 10.5 Å². The molecular weight excluding hydrogens is 414 g/mol. The summed E-state index contributed by atoms with van der Waals surface area (Å²) in [5.41, 5.74) is 0.972. The predicted molar refractivity (Wildman–Crippen MR) is 80.2 cm³/mol. The van der Waals surface area contributed by atoms with E-state index in [1.807, 2.05) is 22.6 Å². The molecule has 1 heterocycles. The molecule has 3 nitrogen and oxygen atoms in total. The molecule has 0 saturated heterocycles. The van der Waals surface area contributed by atoms with Crippen LogP contribution in [0.4, 0.5) is 10.1 Å². The summed E-state index contributed by atoms with van der Waals surface area (Å²) in [5, 5.41) is 2.69. The van der Waals surface area contributed by atoms with Crippen molar-refractivity contribution in [1.82, 2.24) is 4.57 Å². The fourth-order valence-corrected chi connectivity index (χ4v) is 2.56. The zero-order valence-electron chi connectivity index (χ0n) is 9.38. The number of anilines is 1. The molecule has 94 valence electrons. The Hall–Kier alpha value is -0.890. The van der Waals surface area contributed by atoms with Crippen LogP contribution < -0.4 is 5.32 Å². The van der Waals surface area contributed by atoms with Gasteiger partial charge in [0.05, 0.1) is 9.26 Å². The molecule has 0 aliphatic heterocycles. The lowest BCUT2D eigenvalue weighted by molar-refractivity contribution is 0.101. The zero-order valence-corrected chi connectivity index (χ0v) is 13.1. The number of carbonyl (C=O) groups is 1. The van der Waals surface area contributed by atoms with Crippen LogP contribution in [0.1, 0.15) is 10.5 Å². The number of carbonyl (C=O) groups excluding carboxylic acids is 1. The molecule has 6 heteroatoms. The van der Waals surface area contributed by atoms with E-state index in [-0.39, 0.29) is 11.7 Å². The molecule has 0 atom stereocenters. The van der Waals surface area contributed by atoms with E-state index in [1.165, 1.54) is 6.07 Å². The van der Waals surface area contributed by atoms with Gasteiger partial charge in [0.2, 0.25) is 0 Å². The Morgan fingerprint density at radius 3 is 2.83 bits per heavy atom. The Balaban J connectivity index is 2.27. The Morgan fingerprint density at radius 1 is 1.50 bits per heavy atom. The molecule has 0 fully saturated rings. The number of nitrogens with zero attached hydrogens (tertiary/aromatic N) is 1. The first-order chi connectivity index (χ1) is 8.49. The standard InChI is InChI=1S/C12H9BrFIN2O/c1-17-6-7(13)5-10(17)12(18)16-9-4-2-3-8(14)11(9)15/h2-6H,1H3,(H,16,18). The van der Waals surface area contributed by atoms with Crippen molar-refractivity contribution >= 4 is 50.1 Å². The van der Waals surface area contributed by atoms with Crippen LogP contribution in [-0.2, 0) is 7.05 Å². The minimum atomic E-state index is -0.346. The normalized spacial score (nSPS) is 10.4. The van der Waals surface area contributed by atoms with Gasteiger partial charge in [-0.3, -0.25) is 4.79 Å². The summed E-state index contributed by atoms with van der Waals surface area (Å²) in [4.78, 5) is 12.0. The fourth-order valence-electron chi connectivity index (χ4n) is 1.54. The summed E-state index contributed by atoms with van der Waals surface area (Å²) in [5.74, 6) is -0.617. The molecule has 0 saturated carbocycles. The van der Waals surface area contributed by atoms with E-state index in [9.17, 15) is 9.18 Å². The van der Waals surface area contributed by atoms with E-state index >= 15 is 0 Å². The second-order valence-corrected chi connectivity index (χ2v) is 5.70. The Labute approximate surface area is 126 Å². The minimum Gasteiger partial charge on any atom is -0.345 e. The molecule has 0 radical (unpaired) electrons. The number of benzene rings is 1. The van der Waals surface area contributed by atoms with Gasteiger partial charge in [0.25, 0.3) is 5.91 Å². The average molecular weight is 423 g/mol. The summed E-state index contributed by atoms with van der Waals surface area (Å²) in [6.45, 7) is 0. The molecular formula is C12H9BrFIN2O. The first kappa shape index (κ1) is 13.5. The molecule has 1 aromatic heterocycles. The van der Waals surface area contributed by atoms with E-state index < -0.39 is 0 Å². The third-order valence-corrected chi connectivity index (χ3v) is 3.93. The van der Waals surface area contributed by atoms with Gasteiger partial charge >= 0.3 is 0 Å². The van der Waals surface area contributed by atoms with Crippen molar-refractivity contribution in [3.63, 3.8) is 0 Å². The molecule has 0 spiro atoms. The van der Waals surface area contributed by atoms with Crippen LogP contribution in [0, 0.1) is 9.39 Å². The quantitative estimate of drug-likeness (QED) is 0.734. The van der Waals surface area contributed by atoms with Crippen LogP contribution in [0.2, 0.25) is 0 Å². The van der Waals surface area contributed by atoms with Gasteiger partial charge in [-0.05, 0) is 56.7 Å². The smallest absolute Gasteiger partial charge is 0.272 e. The van der Waals surface area contributed by atoms with Crippen molar-refractivity contribution in [1.29, 1.82) is 0 Å². The second kappa shape index (κ2) is 5.40. The summed E-state index contributed by atoms with van der Waals surface area (Å²) in [7, 11) is 1.77. The number of halogens is 3. The summed E-state index contributed by atoms with van der Waals surface area (Å²) >= 11 is 5.17. The van der Waals surface area contributed by atoms with E-state index in [4.69, 9.17) is 0 Å². The van der Waals surface area contributed by atoms with Gasteiger partial charge in [0.15, 0.2) is 0 Å². The molecule has 0 aliphatic carbocycles. The van der Waals surface area contributed by atoms with Crippen LogP contribution in [0.25, 0.3) is 0 Å². The van der Waals surface area contributed by atoms with Crippen LogP contribution >= 0.6 is 38.5 Å². The van der Waals surface area contributed by atoms with E-state index in [0.29, 0.717) is 15.0 Å². The Morgan fingerprint density at radius 2 is 2.22 bits per heavy atom. The highest BCUT2D eigenvalue weighted by molar-refractivity contribution is 14.1. The lowest BCUT2D eigenvalue weighted by Crippen LogP contribution is -2.16. The van der Waals surface area contributed by atoms with Gasteiger partial charge in [0, 0.05) is 17.7 Å². The number of hydrogen-bond acceptors (Lipinski definition) is 1. The number of aromatic nitrogens is 1. The Kier molecular flexibility index (Phi) is 4.06. The monoisotopic (exact) mass is 422 g/mol. The van der Waals surface area contributed by atoms with Gasteiger partial charge in [-0.1, -0.05) is 6.07 Å². The fraction of sp³-hybridized carbons (Fsp3) is 0.0833. The maximum Gasteiger partial charge on any atom is 0.272 e. The molecule has 1 N–H and O–H groups in total. The highest BCUT2D eigenvalue weighted by Crippen LogP contribution is 2.22. The van der Waals surface area contributed by atoms with Gasteiger partial charge in [-0.2, -0.15) is 0 Å². The lowest BCUT2D eigenvalue weighted by Gasteiger charge is -2.08. The number of nitrogens with one attached hydrogen (secondary N) is 1. The number of aryl methyl sites for hydroxylation is 1. The first-order valence-corrected chi connectivity index (χ1v) is 6.93.